The number of para-hydroxylation sites is 3. The number of nitrogens with zero attached hydrogens (tertiary/aromatic N) is 4. The van der Waals surface area contributed by atoms with E-state index in [1.165, 1.54) is 0 Å². The van der Waals surface area contributed by atoms with E-state index in [1.807, 2.05) is 66.7 Å². The molecule has 0 aliphatic rings. The Balaban J connectivity index is 0.959. The van der Waals surface area contributed by atoms with Gasteiger partial charge in [-0.1, -0.05) is 170 Å². The standard InChI is InChI=1S/C63H38N4O2/c1-3-14-39(15-4-1)44-30-33-55-54(36-44)53-25-13-24-48(46-21-12-20-43(35-46)41-18-11-19-42(34-41)45-28-31-51-49-22-7-9-26-56(49)68-58(51)37-45)60(53)67(55)63-65-61(40-16-5-2-6-17-40)64-62(66-63)47-29-32-52-50-23-8-10-27-57(50)69-59(52)38-47/h1-38H. The molecule has 0 saturated heterocycles. The average Bonchev–Trinajstić information content (AvgIpc) is 4.10. The van der Waals surface area contributed by atoms with Gasteiger partial charge in [0.1, 0.15) is 22.3 Å². The van der Waals surface area contributed by atoms with E-state index in [1.54, 1.807) is 0 Å². The zero-order valence-electron chi connectivity index (χ0n) is 37.0. The summed E-state index contributed by atoms with van der Waals surface area (Å²) in [6.45, 7) is 0. The van der Waals surface area contributed by atoms with Crippen LogP contribution in [0, 0.1) is 0 Å². The average molecular weight is 883 g/mol. The lowest BCUT2D eigenvalue weighted by Crippen LogP contribution is -2.07. The monoisotopic (exact) mass is 882 g/mol. The van der Waals surface area contributed by atoms with Crippen LogP contribution in [0.1, 0.15) is 0 Å². The van der Waals surface area contributed by atoms with Gasteiger partial charge in [-0.2, -0.15) is 9.97 Å². The quantitative estimate of drug-likeness (QED) is 0.159. The van der Waals surface area contributed by atoms with Gasteiger partial charge in [0.15, 0.2) is 11.6 Å². The third-order valence-electron chi connectivity index (χ3n) is 13.5. The highest BCUT2D eigenvalue weighted by atomic mass is 16.3. The lowest BCUT2D eigenvalue weighted by molar-refractivity contribution is 0.668. The highest BCUT2D eigenvalue weighted by Crippen LogP contribution is 2.42. The first-order valence-electron chi connectivity index (χ1n) is 23.2. The topological polar surface area (TPSA) is 69.9 Å². The number of aromatic nitrogens is 4. The third-order valence-corrected chi connectivity index (χ3v) is 13.5. The molecular formula is C63H38N4O2. The summed E-state index contributed by atoms with van der Waals surface area (Å²) in [6, 6.07) is 80.7. The second-order valence-corrected chi connectivity index (χ2v) is 17.6. The highest BCUT2D eigenvalue weighted by Gasteiger charge is 2.22. The van der Waals surface area contributed by atoms with Crippen LogP contribution in [0.3, 0.4) is 0 Å². The van der Waals surface area contributed by atoms with Crippen molar-refractivity contribution >= 4 is 65.7 Å². The second kappa shape index (κ2) is 15.6. The Morgan fingerprint density at radius 1 is 0.275 bits per heavy atom. The van der Waals surface area contributed by atoms with Crippen LogP contribution in [-0.2, 0) is 0 Å². The maximum absolute atomic E-state index is 6.38. The molecule has 0 radical (unpaired) electrons. The fourth-order valence-electron chi connectivity index (χ4n) is 10.1. The smallest absolute Gasteiger partial charge is 0.238 e. The zero-order valence-corrected chi connectivity index (χ0v) is 37.0. The van der Waals surface area contributed by atoms with Crippen molar-refractivity contribution in [3.63, 3.8) is 0 Å². The third kappa shape index (κ3) is 6.53. The molecule has 0 atom stereocenters. The molecule has 0 aliphatic heterocycles. The first-order valence-corrected chi connectivity index (χ1v) is 23.2. The number of hydrogen-bond acceptors (Lipinski definition) is 5. The van der Waals surface area contributed by atoms with E-state index < -0.39 is 0 Å². The molecule has 6 heteroatoms. The van der Waals surface area contributed by atoms with Gasteiger partial charge < -0.3 is 8.83 Å². The van der Waals surface area contributed by atoms with E-state index in [2.05, 4.69) is 168 Å². The van der Waals surface area contributed by atoms with E-state index in [-0.39, 0.29) is 0 Å². The van der Waals surface area contributed by atoms with Gasteiger partial charge in [0.05, 0.1) is 11.0 Å². The molecule has 0 spiro atoms. The molecule has 0 aliphatic carbocycles. The van der Waals surface area contributed by atoms with Crippen LogP contribution in [-0.4, -0.2) is 19.5 Å². The Kier molecular flexibility index (Phi) is 8.79. The molecule has 14 rings (SSSR count). The van der Waals surface area contributed by atoms with Crippen molar-refractivity contribution in [2.45, 2.75) is 0 Å². The van der Waals surface area contributed by atoms with E-state index in [4.69, 9.17) is 23.8 Å². The van der Waals surface area contributed by atoms with Crippen molar-refractivity contribution < 1.29 is 8.83 Å². The van der Waals surface area contributed by atoms with Crippen molar-refractivity contribution in [1.29, 1.82) is 0 Å². The number of fused-ring (bicyclic) bond motifs is 9. The van der Waals surface area contributed by atoms with Crippen LogP contribution in [0.2, 0.25) is 0 Å². The molecule has 0 amide bonds. The van der Waals surface area contributed by atoms with Crippen LogP contribution in [0.25, 0.3) is 139 Å². The first-order chi connectivity index (χ1) is 34.2. The van der Waals surface area contributed by atoms with E-state index in [0.717, 1.165) is 121 Å². The number of furan rings is 2. The molecule has 322 valence electrons. The second-order valence-electron chi connectivity index (χ2n) is 17.6. The van der Waals surface area contributed by atoms with Gasteiger partial charge in [0, 0.05) is 49.0 Å². The van der Waals surface area contributed by atoms with Crippen molar-refractivity contribution in [2.75, 3.05) is 0 Å². The van der Waals surface area contributed by atoms with Crippen molar-refractivity contribution in [3.05, 3.63) is 231 Å². The molecule has 10 aromatic carbocycles. The molecule has 4 heterocycles. The number of benzene rings is 10. The van der Waals surface area contributed by atoms with Gasteiger partial charge in [0.25, 0.3) is 0 Å². The predicted octanol–water partition coefficient (Wildman–Crippen LogP) is 16.8. The van der Waals surface area contributed by atoms with Gasteiger partial charge >= 0.3 is 0 Å². The maximum atomic E-state index is 6.38. The van der Waals surface area contributed by atoms with E-state index >= 15 is 0 Å². The van der Waals surface area contributed by atoms with Crippen LogP contribution >= 0.6 is 0 Å². The molecule has 14 aromatic rings. The van der Waals surface area contributed by atoms with Crippen LogP contribution in [0.15, 0.2) is 239 Å². The van der Waals surface area contributed by atoms with Gasteiger partial charge in [-0.3, -0.25) is 4.57 Å². The Labute approximate surface area is 396 Å². The lowest BCUT2D eigenvalue weighted by atomic mass is 9.95. The van der Waals surface area contributed by atoms with Crippen molar-refractivity contribution in [2.24, 2.45) is 0 Å². The van der Waals surface area contributed by atoms with E-state index in [0.29, 0.717) is 17.6 Å². The minimum Gasteiger partial charge on any atom is -0.456 e. The van der Waals surface area contributed by atoms with Crippen molar-refractivity contribution in [1.82, 2.24) is 19.5 Å². The van der Waals surface area contributed by atoms with Crippen LogP contribution in [0.4, 0.5) is 0 Å². The minimum absolute atomic E-state index is 0.522. The van der Waals surface area contributed by atoms with Crippen LogP contribution < -0.4 is 0 Å². The summed E-state index contributed by atoms with van der Waals surface area (Å²) in [5.41, 5.74) is 16.0. The molecule has 6 nitrogen and oxygen atoms in total. The molecular weight excluding hydrogens is 845 g/mol. The van der Waals surface area contributed by atoms with Crippen LogP contribution in [0.5, 0.6) is 0 Å². The maximum Gasteiger partial charge on any atom is 0.238 e. The number of rotatable bonds is 7. The highest BCUT2D eigenvalue weighted by molar-refractivity contribution is 6.15. The summed E-state index contributed by atoms with van der Waals surface area (Å²) < 4.78 is 14.9. The first kappa shape index (κ1) is 38.8. The van der Waals surface area contributed by atoms with Gasteiger partial charge in [0.2, 0.25) is 5.95 Å². The largest absolute Gasteiger partial charge is 0.456 e. The zero-order chi connectivity index (χ0) is 45.4. The molecule has 0 bridgehead atoms. The summed E-state index contributed by atoms with van der Waals surface area (Å²) in [4.78, 5) is 15.9. The fourth-order valence-corrected chi connectivity index (χ4v) is 10.1. The molecule has 0 N–H and O–H groups in total. The van der Waals surface area contributed by atoms with Crippen molar-refractivity contribution in [3.8, 4) is 73.2 Å². The molecule has 0 unspecified atom stereocenters. The predicted molar refractivity (Wildman–Crippen MR) is 281 cm³/mol. The molecule has 69 heavy (non-hydrogen) atoms. The summed E-state index contributed by atoms with van der Waals surface area (Å²) in [7, 11) is 0. The summed E-state index contributed by atoms with van der Waals surface area (Å²) in [6.07, 6.45) is 0. The SMILES string of the molecule is c1ccc(-c2ccc3c(c2)c2cccc(-c4cccc(-c5cccc(-c6ccc7c(c6)oc6ccccc67)c5)c4)c2n3-c2nc(-c3ccccc3)nc(-c3ccc4c(c3)oc3ccccc34)n2)cc1. The molecule has 0 fully saturated rings. The van der Waals surface area contributed by atoms with Gasteiger partial charge in [-0.05, 0) is 99.6 Å². The Hall–Kier alpha value is -9.39. The fraction of sp³-hybridized carbons (Fsp3) is 0. The minimum atomic E-state index is 0.522. The Morgan fingerprint density at radius 2 is 0.739 bits per heavy atom. The molecule has 4 aromatic heterocycles. The lowest BCUT2D eigenvalue weighted by Gasteiger charge is -2.14. The summed E-state index contributed by atoms with van der Waals surface area (Å²) in [5, 5.41) is 6.57. The summed E-state index contributed by atoms with van der Waals surface area (Å²) in [5.74, 6) is 1.65. The normalized spacial score (nSPS) is 11.8. The van der Waals surface area contributed by atoms with E-state index in [9.17, 15) is 0 Å². The Bertz CT molecular complexity index is 4320. The Morgan fingerprint density at radius 3 is 1.42 bits per heavy atom. The van der Waals surface area contributed by atoms with Gasteiger partial charge in [-0.15, -0.1) is 0 Å². The number of hydrogen-bond donors (Lipinski definition) is 0. The molecule has 0 saturated carbocycles. The van der Waals surface area contributed by atoms with Gasteiger partial charge in [-0.25, -0.2) is 4.98 Å². The summed E-state index contributed by atoms with van der Waals surface area (Å²) >= 11 is 0.